The van der Waals surface area contributed by atoms with Crippen LogP contribution in [0.2, 0.25) is 5.02 Å². The molecule has 2 nitrogen and oxygen atoms in total. The Labute approximate surface area is 101 Å². The maximum absolute atomic E-state index is 6.07. The minimum Gasteiger partial charge on any atom is -0.392 e. The van der Waals surface area contributed by atoms with Gasteiger partial charge in [0, 0.05) is 18.1 Å². The van der Waals surface area contributed by atoms with E-state index in [0.29, 0.717) is 11.5 Å². The monoisotopic (exact) mass is 242 g/mol. The Balaban J connectivity index is 2.66. The number of rotatable bonds is 5. The summed E-state index contributed by atoms with van der Waals surface area (Å²) in [5.41, 5.74) is 6.63. The third kappa shape index (κ3) is 4.16. The molecule has 1 rings (SSSR count). The van der Waals surface area contributed by atoms with Gasteiger partial charge in [-0.2, -0.15) is 0 Å². The minimum absolute atomic E-state index is 0.518. The Morgan fingerprint density at radius 3 is 2.67 bits per heavy atom. The van der Waals surface area contributed by atoms with Crippen LogP contribution in [-0.4, -0.2) is 23.0 Å². The second kappa shape index (κ2) is 6.05. The number of hydrogen-bond acceptors (Lipinski definition) is 2. The van der Waals surface area contributed by atoms with E-state index < -0.39 is 0 Å². The second-order valence-electron chi connectivity index (χ2n) is 3.36. The summed E-state index contributed by atoms with van der Waals surface area (Å²) in [4.78, 5) is 2.67. The zero-order chi connectivity index (χ0) is 11.3. The molecule has 4 heteroatoms. The molecule has 0 aliphatic carbocycles. The maximum atomic E-state index is 6.07. The van der Waals surface area contributed by atoms with Gasteiger partial charge in [-0.3, -0.25) is 4.90 Å². The van der Waals surface area contributed by atoms with Gasteiger partial charge in [-0.15, -0.1) is 0 Å². The average molecular weight is 243 g/mol. The fourth-order valence-electron chi connectivity index (χ4n) is 1.37. The summed E-state index contributed by atoms with van der Waals surface area (Å²) in [6.45, 7) is 4.41. The van der Waals surface area contributed by atoms with Crippen LogP contribution in [0.4, 0.5) is 0 Å². The van der Waals surface area contributed by atoms with Crippen molar-refractivity contribution in [3.8, 4) is 0 Å². The number of likely N-dealkylation sites (N-methyl/N-ethyl adjacent to an activating group) is 1. The smallest absolute Gasteiger partial charge is 0.0870 e. The molecule has 15 heavy (non-hydrogen) atoms. The Morgan fingerprint density at radius 2 is 2.13 bits per heavy atom. The van der Waals surface area contributed by atoms with Gasteiger partial charge < -0.3 is 5.73 Å². The molecule has 0 radical (unpaired) electrons. The minimum atomic E-state index is 0.518. The molecule has 1 aromatic rings. The summed E-state index contributed by atoms with van der Waals surface area (Å²) in [7, 11) is 0. The Bertz CT molecular complexity index is 341. The van der Waals surface area contributed by atoms with Gasteiger partial charge in [0.15, 0.2) is 0 Å². The molecule has 0 heterocycles. The molecule has 0 bridgehead atoms. The average Bonchev–Trinajstić information content (AvgIpc) is 2.19. The van der Waals surface area contributed by atoms with Crippen molar-refractivity contribution in [2.75, 3.05) is 13.1 Å². The van der Waals surface area contributed by atoms with Gasteiger partial charge in [0.2, 0.25) is 0 Å². The van der Waals surface area contributed by atoms with Crippen LogP contribution < -0.4 is 5.73 Å². The number of nitrogens with two attached hydrogens (primary N) is 1. The van der Waals surface area contributed by atoms with E-state index in [-0.39, 0.29) is 0 Å². The highest BCUT2D eigenvalue weighted by Gasteiger charge is 2.06. The summed E-state index contributed by atoms with van der Waals surface area (Å²) >= 11 is 11.0. The Hall–Kier alpha value is -0.640. The number of thiocarbonyl (C=S) groups is 1. The predicted molar refractivity (Wildman–Crippen MR) is 69.2 cm³/mol. The maximum Gasteiger partial charge on any atom is 0.0870 e. The van der Waals surface area contributed by atoms with Crippen molar-refractivity contribution >= 4 is 28.8 Å². The summed E-state index contributed by atoms with van der Waals surface area (Å²) in [5.74, 6) is 0. The van der Waals surface area contributed by atoms with Crippen molar-refractivity contribution in [3.05, 3.63) is 34.9 Å². The van der Waals surface area contributed by atoms with Crippen molar-refractivity contribution in [1.29, 1.82) is 0 Å². The SMILES string of the molecule is CCN(CC(N)=S)Cc1ccccc1Cl. The molecule has 0 saturated heterocycles. The first-order chi connectivity index (χ1) is 7.13. The first kappa shape index (κ1) is 12.4. The fourth-order valence-corrected chi connectivity index (χ4v) is 1.75. The molecule has 0 aliphatic rings. The first-order valence-corrected chi connectivity index (χ1v) is 5.66. The zero-order valence-corrected chi connectivity index (χ0v) is 10.3. The molecule has 2 N–H and O–H groups in total. The topological polar surface area (TPSA) is 29.3 Å². The highest BCUT2D eigenvalue weighted by Crippen LogP contribution is 2.16. The lowest BCUT2D eigenvalue weighted by molar-refractivity contribution is 0.321. The molecule has 0 aromatic heterocycles. The van der Waals surface area contributed by atoms with Crippen molar-refractivity contribution in [2.24, 2.45) is 5.73 Å². The van der Waals surface area contributed by atoms with Gasteiger partial charge in [-0.25, -0.2) is 0 Å². The van der Waals surface area contributed by atoms with Crippen LogP contribution >= 0.6 is 23.8 Å². The summed E-state index contributed by atoms with van der Waals surface area (Å²) < 4.78 is 0. The van der Waals surface area contributed by atoms with Crippen molar-refractivity contribution in [3.63, 3.8) is 0 Å². The standard InChI is InChI=1S/C11H15ClN2S/c1-2-14(8-11(13)15)7-9-5-3-4-6-10(9)12/h3-6H,2,7-8H2,1H3,(H2,13,15). The van der Waals surface area contributed by atoms with Gasteiger partial charge in [-0.1, -0.05) is 48.9 Å². The number of nitrogens with zero attached hydrogens (tertiary/aromatic N) is 1. The van der Waals surface area contributed by atoms with E-state index in [2.05, 4.69) is 11.8 Å². The number of halogens is 1. The summed E-state index contributed by atoms with van der Waals surface area (Å²) in [6, 6.07) is 7.82. The molecule has 0 saturated carbocycles. The quantitative estimate of drug-likeness (QED) is 0.805. The highest BCUT2D eigenvalue weighted by atomic mass is 35.5. The van der Waals surface area contributed by atoms with Gasteiger partial charge in [0.05, 0.1) is 4.99 Å². The van der Waals surface area contributed by atoms with E-state index in [1.54, 1.807) is 0 Å². The molecule has 82 valence electrons. The molecular formula is C11H15ClN2S. The van der Waals surface area contributed by atoms with Gasteiger partial charge >= 0.3 is 0 Å². The van der Waals surface area contributed by atoms with Crippen molar-refractivity contribution < 1.29 is 0 Å². The molecule has 0 atom stereocenters. The normalized spacial score (nSPS) is 10.6. The third-order valence-electron chi connectivity index (χ3n) is 2.18. The lowest BCUT2D eigenvalue weighted by Gasteiger charge is -2.20. The van der Waals surface area contributed by atoms with E-state index in [0.717, 1.165) is 23.7 Å². The van der Waals surface area contributed by atoms with Crippen molar-refractivity contribution in [1.82, 2.24) is 4.90 Å². The molecule has 0 amide bonds. The first-order valence-electron chi connectivity index (χ1n) is 4.87. The van der Waals surface area contributed by atoms with Crippen LogP contribution in [0.1, 0.15) is 12.5 Å². The lowest BCUT2D eigenvalue weighted by Crippen LogP contribution is -2.32. The molecule has 1 aromatic carbocycles. The van der Waals surface area contributed by atoms with E-state index in [9.17, 15) is 0 Å². The van der Waals surface area contributed by atoms with Crippen LogP contribution in [0.5, 0.6) is 0 Å². The Morgan fingerprint density at radius 1 is 1.47 bits per heavy atom. The molecule has 0 aliphatic heterocycles. The number of benzene rings is 1. The molecule has 0 spiro atoms. The van der Waals surface area contributed by atoms with E-state index in [1.165, 1.54) is 0 Å². The highest BCUT2D eigenvalue weighted by molar-refractivity contribution is 7.80. The van der Waals surface area contributed by atoms with Crippen LogP contribution in [-0.2, 0) is 6.54 Å². The molecule has 0 fully saturated rings. The van der Waals surface area contributed by atoms with E-state index >= 15 is 0 Å². The zero-order valence-electron chi connectivity index (χ0n) is 8.74. The number of hydrogen-bond donors (Lipinski definition) is 1. The van der Waals surface area contributed by atoms with Crippen LogP contribution in [0.3, 0.4) is 0 Å². The van der Waals surface area contributed by atoms with Crippen LogP contribution in [0, 0.1) is 0 Å². The van der Waals surface area contributed by atoms with Crippen LogP contribution in [0.15, 0.2) is 24.3 Å². The van der Waals surface area contributed by atoms with Crippen LogP contribution in [0.25, 0.3) is 0 Å². The second-order valence-corrected chi connectivity index (χ2v) is 4.29. The Kier molecular flexibility index (Phi) is 5.02. The molecular weight excluding hydrogens is 228 g/mol. The van der Waals surface area contributed by atoms with E-state index in [1.807, 2.05) is 24.3 Å². The molecule has 0 unspecified atom stereocenters. The fraction of sp³-hybridized carbons (Fsp3) is 0.364. The van der Waals surface area contributed by atoms with Crippen molar-refractivity contribution in [2.45, 2.75) is 13.5 Å². The largest absolute Gasteiger partial charge is 0.392 e. The third-order valence-corrected chi connectivity index (χ3v) is 2.68. The van der Waals surface area contributed by atoms with E-state index in [4.69, 9.17) is 29.6 Å². The lowest BCUT2D eigenvalue weighted by atomic mass is 10.2. The summed E-state index contributed by atoms with van der Waals surface area (Å²) in [6.07, 6.45) is 0. The predicted octanol–water partition coefficient (Wildman–Crippen LogP) is 2.45. The summed E-state index contributed by atoms with van der Waals surface area (Å²) in [5, 5.41) is 0.791. The van der Waals surface area contributed by atoms with Gasteiger partial charge in [0.25, 0.3) is 0 Å². The van der Waals surface area contributed by atoms with Gasteiger partial charge in [0.1, 0.15) is 0 Å². The van der Waals surface area contributed by atoms with Gasteiger partial charge in [-0.05, 0) is 18.2 Å².